The molecule has 0 radical (unpaired) electrons. The number of nitrogens with zero attached hydrogens (tertiary/aromatic N) is 2. The van der Waals surface area contributed by atoms with E-state index in [1.807, 2.05) is 111 Å². The van der Waals surface area contributed by atoms with Crippen molar-refractivity contribution in [1.29, 1.82) is 0 Å². The third-order valence-electron chi connectivity index (χ3n) is 10.4. The SMILES string of the molecule is CCN(C(=O)c1cc(C(C)C)c(OCc2ccccc2)cc1OCc1ccccc1)c1ccc(-c2cc(C(=O)O)c(C)c(N(CC)C3CCOCC3)c2)cc1. The van der Waals surface area contributed by atoms with Gasteiger partial charge in [-0.25, -0.2) is 4.79 Å². The van der Waals surface area contributed by atoms with Gasteiger partial charge in [-0.3, -0.25) is 4.79 Å². The summed E-state index contributed by atoms with van der Waals surface area (Å²) in [4.78, 5) is 31.2. The van der Waals surface area contributed by atoms with Crippen LogP contribution in [-0.4, -0.2) is 49.3 Å². The lowest BCUT2D eigenvalue weighted by molar-refractivity contribution is 0.0695. The fourth-order valence-corrected chi connectivity index (χ4v) is 7.34. The molecule has 1 N–H and O–H groups in total. The highest BCUT2D eigenvalue weighted by Gasteiger charge is 2.27. The molecule has 0 atom stereocenters. The summed E-state index contributed by atoms with van der Waals surface area (Å²) in [7, 11) is 0. The zero-order valence-corrected chi connectivity index (χ0v) is 32.6. The van der Waals surface area contributed by atoms with Crippen LogP contribution in [0.15, 0.2) is 109 Å². The first kappa shape index (κ1) is 39.1. The molecule has 0 saturated carbocycles. The minimum atomic E-state index is -0.953. The van der Waals surface area contributed by atoms with Crippen LogP contribution in [0, 0.1) is 6.92 Å². The topological polar surface area (TPSA) is 88.5 Å². The van der Waals surface area contributed by atoms with Crippen LogP contribution in [0.5, 0.6) is 11.5 Å². The molecule has 5 aromatic rings. The van der Waals surface area contributed by atoms with Crippen LogP contribution in [-0.2, 0) is 18.0 Å². The fourth-order valence-electron chi connectivity index (χ4n) is 7.34. The normalized spacial score (nSPS) is 13.1. The quantitative estimate of drug-likeness (QED) is 0.114. The maximum atomic E-state index is 14.6. The van der Waals surface area contributed by atoms with Gasteiger partial charge in [-0.1, -0.05) is 86.6 Å². The second-order valence-electron chi connectivity index (χ2n) is 14.3. The van der Waals surface area contributed by atoms with Crippen LogP contribution < -0.4 is 19.3 Å². The molecule has 1 fully saturated rings. The highest BCUT2D eigenvalue weighted by molar-refractivity contribution is 6.08. The lowest BCUT2D eigenvalue weighted by Gasteiger charge is -2.36. The van der Waals surface area contributed by atoms with E-state index in [-0.39, 0.29) is 23.4 Å². The van der Waals surface area contributed by atoms with Crippen molar-refractivity contribution in [3.63, 3.8) is 0 Å². The third kappa shape index (κ3) is 9.20. The standard InChI is InChI=1S/C47H52N2O6/c1-6-48(39-22-24-53-25-23-39)43-27-37(26-41(33(43)5)47(51)52)36-18-20-38(21-19-36)49(7-2)46(50)42-28-40(32(3)4)44(54-30-34-14-10-8-11-15-34)29-45(42)55-31-35-16-12-9-13-17-35/h8-21,26-29,32,39H,6-7,22-25,30-31H2,1-5H3,(H,51,52). The van der Waals surface area contributed by atoms with Gasteiger partial charge in [0.15, 0.2) is 0 Å². The summed E-state index contributed by atoms with van der Waals surface area (Å²) in [5.41, 5.74) is 7.80. The van der Waals surface area contributed by atoms with Gasteiger partial charge >= 0.3 is 5.97 Å². The Labute approximate surface area is 325 Å². The number of hydrogen-bond donors (Lipinski definition) is 1. The van der Waals surface area contributed by atoms with Gasteiger partial charge in [0.25, 0.3) is 5.91 Å². The number of amides is 1. The summed E-state index contributed by atoms with van der Waals surface area (Å²) in [6.45, 7) is 13.4. The zero-order chi connectivity index (χ0) is 38.9. The molecule has 1 heterocycles. The van der Waals surface area contributed by atoms with Crippen molar-refractivity contribution in [3.05, 3.63) is 143 Å². The van der Waals surface area contributed by atoms with Crippen molar-refractivity contribution in [2.75, 3.05) is 36.1 Å². The van der Waals surface area contributed by atoms with Crippen molar-refractivity contribution in [1.82, 2.24) is 0 Å². The molecule has 1 aliphatic rings. The Hall–Kier alpha value is -5.60. The van der Waals surface area contributed by atoms with E-state index in [0.29, 0.717) is 50.0 Å². The summed E-state index contributed by atoms with van der Waals surface area (Å²) >= 11 is 0. The van der Waals surface area contributed by atoms with Crippen molar-refractivity contribution in [2.45, 2.75) is 72.6 Å². The molecule has 0 bridgehead atoms. The molecule has 1 saturated heterocycles. The van der Waals surface area contributed by atoms with E-state index in [9.17, 15) is 14.7 Å². The first-order valence-corrected chi connectivity index (χ1v) is 19.3. The first-order chi connectivity index (χ1) is 26.7. The Morgan fingerprint density at radius 2 is 1.35 bits per heavy atom. The van der Waals surface area contributed by atoms with E-state index in [2.05, 4.69) is 31.7 Å². The number of carboxylic acids is 1. The van der Waals surface area contributed by atoms with Crippen LogP contribution in [0.1, 0.15) is 89.4 Å². The molecule has 5 aromatic carbocycles. The lowest BCUT2D eigenvalue weighted by Crippen LogP contribution is -2.40. The van der Waals surface area contributed by atoms with Crippen molar-refractivity contribution in [3.8, 4) is 22.6 Å². The van der Waals surface area contributed by atoms with Crippen molar-refractivity contribution >= 4 is 23.3 Å². The molecule has 8 heteroatoms. The second-order valence-corrected chi connectivity index (χ2v) is 14.3. The Morgan fingerprint density at radius 1 is 0.745 bits per heavy atom. The number of carboxylic acid groups (broad SMARTS) is 1. The summed E-state index contributed by atoms with van der Waals surface area (Å²) in [5.74, 6) is 0.0820. The van der Waals surface area contributed by atoms with Crippen LogP contribution in [0.4, 0.5) is 11.4 Å². The molecule has 1 aliphatic heterocycles. The van der Waals surface area contributed by atoms with Crippen LogP contribution in [0.25, 0.3) is 11.1 Å². The summed E-state index contributed by atoms with van der Waals surface area (Å²) in [6, 6.07) is 35.6. The van der Waals surface area contributed by atoms with Gasteiger partial charge < -0.3 is 29.1 Å². The van der Waals surface area contributed by atoms with Crippen molar-refractivity contribution < 1.29 is 28.9 Å². The number of carbonyl (C=O) groups excluding carboxylic acids is 1. The molecule has 0 aliphatic carbocycles. The van der Waals surface area contributed by atoms with Gasteiger partial charge in [0.2, 0.25) is 0 Å². The molecule has 286 valence electrons. The average molecular weight is 741 g/mol. The number of benzene rings is 5. The molecule has 55 heavy (non-hydrogen) atoms. The highest BCUT2D eigenvalue weighted by atomic mass is 16.5. The van der Waals surface area contributed by atoms with Gasteiger partial charge in [-0.05, 0) is 103 Å². The van der Waals surface area contributed by atoms with E-state index in [1.54, 1.807) is 11.0 Å². The summed E-state index contributed by atoms with van der Waals surface area (Å²) in [6.07, 6.45) is 1.80. The Balaban J connectivity index is 1.33. The van der Waals surface area contributed by atoms with E-state index < -0.39 is 5.97 Å². The van der Waals surface area contributed by atoms with Crippen molar-refractivity contribution in [2.24, 2.45) is 0 Å². The molecule has 8 nitrogen and oxygen atoms in total. The minimum absolute atomic E-state index is 0.0834. The third-order valence-corrected chi connectivity index (χ3v) is 10.4. The zero-order valence-electron chi connectivity index (χ0n) is 32.6. The van der Waals surface area contributed by atoms with Gasteiger partial charge in [0, 0.05) is 49.8 Å². The summed E-state index contributed by atoms with van der Waals surface area (Å²) < 4.78 is 18.4. The number of ether oxygens (including phenoxy) is 3. The molecule has 0 unspecified atom stereocenters. The molecule has 6 rings (SSSR count). The molecule has 0 spiro atoms. The lowest BCUT2D eigenvalue weighted by atomic mass is 9.95. The average Bonchev–Trinajstić information content (AvgIpc) is 3.21. The smallest absolute Gasteiger partial charge is 0.336 e. The van der Waals surface area contributed by atoms with Crippen LogP contribution >= 0.6 is 0 Å². The Kier molecular flexibility index (Phi) is 12.9. The second kappa shape index (κ2) is 18.2. The van der Waals surface area contributed by atoms with E-state index in [4.69, 9.17) is 14.2 Å². The van der Waals surface area contributed by atoms with Crippen LogP contribution in [0.2, 0.25) is 0 Å². The van der Waals surface area contributed by atoms with E-state index in [0.717, 1.165) is 64.1 Å². The Morgan fingerprint density at radius 3 is 1.89 bits per heavy atom. The number of hydrogen-bond acceptors (Lipinski definition) is 6. The molecular formula is C47H52N2O6. The monoisotopic (exact) mass is 740 g/mol. The molecular weight excluding hydrogens is 689 g/mol. The predicted octanol–water partition coefficient (Wildman–Crippen LogP) is 10.3. The maximum Gasteiger partial charge on any atom is 0.336 e. The highest BCUT2D eigenvalue weighted by Crippen LogP contribution is 2.38. The summed E-state index contributed by atoms with van der Waals surface area (Å²) in [5, 5.41) is 10.2. The predicted molar refractivity (Wildman–Crippen MR) is 220 cm³/mol. The number of anilines is 2. The Bertz CT molecular complexity index is 2060. The number of rotatable bonds is 15. The fraction of sp³-hybridized carbons (Fsp3) is 0.319. The van der Waals surface area contributed by atoms with Crippen LogP contribution in [0.3, 0.4) is 0 Å². The molecule has 1 amide bonds. The van der Waals surface area contributed by atoms with Gasteiger partial charge in [-0.2, -0.15) is 0 Å². The van der Waals surface area contributed by atoms with Gasteiger partial charge in [-0.15, -0.1) is 0 Å². The largest absolute Gasteiger partial charge is 0.488 e. The van der Waals surface area contributed by atoms with Gasteiger partial charge in [0.05, 0.1) is 11.1 Å². The molecule has 0 aromatic heterocycles. The number of aromatic carboxylic acids is 1. The minimum Gasteiger partial charge on any atom is -0.488 e. The van der Waals surface area contributed by atoms with E-state index in [1.165, 1.54) is 0 Å². The van der Waals surface area contributed by atoms with E-state index >= 15 is 0 Å². The van der Waals surface area contributed by atoms with Gasteiger partial charge in [0.1, 0.15) is 24.7 Å². The maximum absolute atomic E-state index is 14.6. The first-order valence-electron chi connectivity index (χ1n) is 19.3. The number of carbonyl (C=O) groups is 2.